The summed E-state index contributed by atoms with van der Waals surface area (Å²) < 4.78 is 5.15. The molecule has 0 unspecified atom stereocenters. The SMILES string of the molecule is O=C(Nc1nc(-c2ccncc2)cs1)N1CCN(C(=O)c2ccco2)CC1. The van der Waals surface area contributed by atoms with Crippen LogP contribution in [-0.4, -0.2) is 57.9 Å². The number of nitrogens with one attached hydrogen (secondary N) is 1. The molecular weight excluding hydrogens is 366 g/mol. The van der Waals surface area contributed by atoms with E-state index in [1.807, 2.05) is 17.5 Å². The molecule has 138 valence electrons. The highest BCUT2D eigenvalue weighted by Gasteiger charge is 2.26. The van der Waals surface area contributed by atoms with Crippen LogP contribution in [0.2, 0.25) is 0 Å². The van der Waals surface area contributed by atoms with E-state index in [1.54, 1.807) is 34.3 Å². The number of piperazine rings is 1. The van der Waals surface area contributed by atoms with Crippen molar-refractivity contribution in [2.24, 2.45) is 0 Å². The first-order valence-corrected chi connectivity index (χ1v) is 9.33. The molecule has 1 saturated heterocycles. The van der Waals surface area contributed by atoms with Gasteiger partial charge in [0, 0.05) is 49.5 Å². The van der Waals surface area contributed by atoms with E-state index >= 15 is 0 Å². The van der Waals surface area contributed by atoms with E-state index in [9.17, 15) is 9.59 Å². The Labute approximate surface area is 159 Å². The van der Waals surface area contributed by atoms with Crippen LogP contribution < -0.4 is 5.32 Å². The third-order valence-electron chi connectivity index (χ3n) is 4.28. The molecule has 0 bridgehead atoms. The van der Waals surface area contributed by atoms with Crippen LogP contribution in [0.5, 0.6) is 0 Å². The molecule has 1 aliphatic rings. The lowest BCUT2D eigenvalue weighted by Crippen LogP contribution is -2.51. The van der Waals surface area contributed by atoms with Gasteiger partial charge in [-0.3, -0.25) is 15.1 Å². The van der Waals surface area contributed by atoms with Crippen LogP contribution in [0.25, 0.3) is 11.3 Å². The summed E-state index contributed by atoms with van der Waals surface area (Å²) in [6.07, 6.45) is 4.89. The Balaban J connectivity index is 1.32. The number of carbonyl (C=O) groups is 2. The van der Waals surface area contributed by atoms with Crippen LogP contribution in [-0.2, 0) is 0 Å². The first-order valence-electron chi connectivity index (χ1n) is 8.45. The van der Waals surface area contributed by atoms with E-state index in [2.05, 4.69) is 15.3 Å². The third-order valence-corrected chi connectivity index (χ3v) is 5.04. The molecule has 1 aliphatic heterocycles. The number of nitrogens with zero attached hydrogens (tertiary/aromatic N) is 4. The van der Waals surface area contributed by atoms with Crippen LogP contribution in [0.3, 0.4) is 0 Å². The van der Waals surface area contributed by atoms with Crippen LogP contribution in [0, 0.1) is 0 Å². The molecule has 9 heteroatoms. The Morgan fingerprint density at radius 1 is 1.07 bits per heavy atom. The number of thiazole rings is 1. The van der Waals surface area contributed by atoms with E-state index in [0.29, 0.717) is 37.1 Å². The van der Waals surface area contributed by atoms with Gasteiger partial charge in [-0.25, -0.2) is 9.78 Å². The lowest BCUT2D eigenvalue weighted by atomic mass is 10.2. The number of urea groups is 1. The number of carbonyl (C=O) groups excluding carboxylic acids is 2. The standard InChI is InChI=1S/C18H17N5O3S/c24-16(15-2-1-11-26-15)22-7-9-23(10-8-22)18(25)21-17-20-14(12-27-17)13-3-5-19-6-4-13/h1-6,11-12H,7-10H2,(H,20,21,25). The van der Waals surface area contributed by atoms with E-state index < -0.39 is 0 Å². The first kappa shape index (κ1) is 17.2. The number of pyridine rings is 1. The number of amides is 3. The number of hydrogen-bond acceptors (Lipinski definition) is 6. The highest BCUT2D eigenvalue weighted by molar-refractivity contribution is 7.14. The van der Waals surface area contributed by atoms with Crippen LogP contribution in [0.4, 0.5) is 9.93 Å². The Morgan fingerprint density at radius 2 is 1.81 bits per heavy atom. The minimum atomic E-state index is -0.212. The Hall–Kier alpha value is -3.20. The number of aromatic nitrogens is 2. The zero-order valence-corrected chi connectivity index (χ0v) is 15.2. The average Bonchev–Trinajstić information content (AvgIpc) is 3.40. The van der Waals surface area contributed by atoms with Gasteiger partial charge in [0.2, 0.25) is 0 Å². The summed E-state index contributed by atoms with van der Waals surface area (Å²) in [7, 11) is 0. The second-order valence-corrected chi connectivity index (χ2v) is 6.82. The van der Waals surface area contributed by atoms with Gasteiger partial charge in [-0.05, 0) is 24.3 Å². The van der Waals surface area contributed by atoms with Gasteiger partial charge in [-0.1, -0.05) is 0 Å². The molecule has 0 spiro atoms. The van der Waals surface area contributed by atoms with Crippen molar-refractivity contribution in [1.29, 1.82) is 0 Å². The van der Waals surface area contributed by atoms with Gasteiger partial charge in [-0.2, -0.15) is 0 Å². The number of hydrogen-bond donors (Lipinski definition) is 1. The van der Waals surface area contributed by atoms with Crippen LogP contribution in [0.15, 0.2) is 52.7 Å². The third kappa shape index (κ3) is 3.82. The number of anilines is 1. The van der Waals surface area contributed by atoms with E-state index in [4.69, 9.17) is 4.42 Å². The number of furan rings is 1. The molecule has 0 saturated carbocycles. The lowest BCUT2D eigenvalue weighted by Gasteiger charge is -2.34. The smallest absolute Gasteiger partial charge is 0.323 e. The molecule has 0 atom stereocenters. The fourth-order valence-electron chi connectivity index (χ4n) is 2.83. The van der Waals surface area contributed by atoms with Gasteiger partial charge < -0.3 is 14.2 Å². The predicted molar refractivity (Wildman–Crippen MR) is 101 cm³/mol. The molecule has 3 aromatic rings. The van der Waals surface area contributed by atoms with Crippen molar-refractivity contribution in [2.75, 3.05) is 31.5 Å². The molecule has 3 aromatic heterocycles. The molecule has 1 N–H and O–H groups in total. The van der Waals surface area contributed by atoms with Crippen molar-refractivity contribution in [2.45, 2.75) is 0 Å². The van der Waals surface area contributed by atoms with E-state index in [0.717, 1.165) is 11.3 Å². The molecule has 27 heavy (non-hydrogen) atoms. The molecule has 4 heterocycles. The minimum Gasteiger partial charge on any atom is -0.459 e. The Morgan fingerprint density at radius 3 is 2.52 bits per heavy atom. The van der Waals surface area contributed by atoms with Gasteiger partial charge in [0.05, 0.1) is 12.0 Å². The molecule has 0 aliphatic carbocycles. The summed E-state index contributed by atoms with van der Waals surface area (Å²) in [5, 5.41) is 5.27. The second kappa shape index (κ2) is 7.58. The van der Waals surface area contributed by atoms with Crippen molar-refractivity contribution < 1.29 is 14.0 Å². The highest BCUT2D eigenvalue weighted by atomic mass is 32.1. The predicted octanol–water partition coefficient (Wildman–Crippen LogP) is 2.79. The number of rotatable bonds is 3. The van der Waals surface area contributed by atoms with Gasteiger partial charge in [0.15, 0.2) is 10.9 Å². The molecule has 0 radical (unpaired) electrons. The highest BCUT2D eigenvalue weighted by Crippen LogP contribution is 2.24. The van der Waals surface area contributed by atoms with Crippen molar-refractivity contribution in [3.8, 4) is 11.3 Å². The van der Waals surface area contributed by atoms with Crippen molar-refractivity contribution in [3.05, 3.63) is 54.1 Å². The first-order chi connectivity index (χ1) is 13.2. The van der Waals surface area contributed by atoms with Crippen molar-refractivity contribution in [3.63, 3.8) is 0 Å². The monoisotopic (exact) mass is 383 g/mol. The normalized spacial score (nSPS) is 14.2. The summed E-state index contributed by atoms with van der Waals surface area (Å²) >= 11 is 1.37. The second-order valence-electron chi connectivity index (χ2n) is 5.96. The zero-order chi connectivity index (χ0) is 18.6. The fraction of sp³-hybridized carbons (Fsp3) is 0.222. The van der Waals surface area contributed by atoms with Crippen LogP contribution >= 0.6 is 11.3 Å². The quantitative estimate of drug-likeness (QED) is 0.751. The maximum atomic E-state index is 12.5. The van der Waals surface area contributed by atoms with E-state index in [1.165, 1.54) is 17.6 Å². The molecular formula is C18H17N5O3S. The molecule has 4 rings (SSSR count). The summed E-state index contributed by atoms with van der Waals surface area (Å²) in [4.78, 5) is 36.5. The Kier molecular flexibility index (Phi) is 4.84. The summed E-state index contributed by atoms with van der Waals surface area (Å²) in [5.74, 6) is 0.168. The summed E-state index contributed by atoms with van der Waals surface area (Å²) in [6, 6.07) is 6.86. The fourth-order valence-corrected chi connectivity index (χ4v) is 3.54. The molecule has 0 aromatic carbocycles. The van der Waals surface area contributed by atoms with Crippen LogP contribution in [0.1, 0.15) is 10.6 Å². The lowest BCUT2D eigenvalue weighted by molar-refractivity contribution is 0.0640. The maximum Gasteiger partial charge on any atom is 0.323 e. The van der Waals surface area contributed by atoms with Crippen molar-refractivity contribution >= 4 is 28.4 Å². The van der Waals surface area contributed by atoms with Gasteiger partial charge >= 0.3 is 6.03 Å². The van der Waals surface area contributed by atoms with Gasteiger partial charge in [0.1, 0.15) is 0 Å². The summed E-state index contributed by atoms with van der Waals surface area (Å²) in [5.41, 5.74) is 1.75. The van der Waals surface area contributed by atoms with Gasteiger partial charge in [0.25, 0.3) is 5.91 Å². The molecule has 8 nitrogen and oxygen atoms in total. The van der Waals surface area contributed by atoms with Gasteiger partial charge in [-0.15, -0.1) is 11.3 Å². The topological polar surface area (TPSA) is 91.6 Å². The molecule has 3 amide bonds. The summed E-state index contributed by atoms with van der Waals surface area (Å²) in [6.45, 7) is 1.85. The zero-order valence-electron chi connectivity index (χ0n) is 14.4. The average molecular weight is 383 g/mol. The minimum absolute atomic E-state index is 0.151. The van der Waals surface area contributed by atoms with E-state index in [-0.39, 0.29) is 11.9 Å². The molecule has 1 fully saturated rings. The Bertz CT molecular complexity index is 918. The van der Waals surface area contributed by atoms with Crippen molar-refractivity contribution in [1.82, 2.24) is 19.8 Å². The maximum absolute atomic E-state index is 12.5. The largest absolute Gasteiger partial charge is 0.459 e.